The Balaban J connectivity index is 2.20. The molecule has 94 valence electrons. The van der Waals surface area contributed by atoms with Crippen molar-refractivity contribution in [1.29, 1.82) is 0 Å². The molecule has 0 fully saturated rings. The first-order valence-electron chi connectivity index (χ1n) is 4.80. The van der Waals surface area contributed by atoms with Crippen LogP contribution in [-0.4, -0.2) is 22.7 Å². The highest BCUT2D eigenvalue weighted by Gasteiger charge is 2.10. The first kappa shape index (κ1) is 12.4. The van der Waals surface area contributed by atoms with Crippen molar-refractivity contribution >= 4 is 17.3 Å². The number of benzene rings is 1. The molecule has 2 aromatic rings. The Bertz CT molecular complexity index is 554. The lowest BCUT2D eigenvalue weighted by atomic mass is 10.2. The molecule has 0 spiro atoms. The number of aromatic carboxylic acids is 1. The standard InChI is InChI=1S/C11H7F2NO3S/c12-11(13)17-7-3-1-6(2-4-7)9-14-8(5-18-9)10(15)16/h1-5,11H,(H,15,16). The van der Waals surface area contributed by atoms with Crippen molar-refractivity contribution in [2.45, 2.75) is 6.61 Å². The molecule has 4 nitrogen and oxygen atoms in total. The maximum atomic E-state index is 11.9. The molecule has 0 bridgehead atoms. The van der Waals surface area contributed by atoms with Gasteiger partial charge >= 0.3 is 12.6 Å². The van der Waals surface area contributed by atoms with Crippen molar-refractivity contribution in [3.05, 3.63) is 35.3 Å². The predicted molar refractivity (Wildman–Crippen MR) is 61.1 cm³/mol. The highest BCUT2D eigenvalue weighted by Crippen LogP contribution is 2.26. The van der Waals surface area contributed by atoms with Crippen LogP contribution in [0.25, 0.3) is 10.6 Å². The van der Waals surface area contributed by atoms with Crippen molar-refractivity contribution in [3.8, 4) is 16.3 Å². The minimum atomic E-state index is -2.87. The molecular formula is C11H7F2NO3S. The molecule has 2 rings (SSSR count). The number of hydrogen-bond acceptors (Lipinski definition) is 4. The SMILES string of the molecule is O=C(O)c1csc(-c2ccc(OC(F)F)cc2)n1. The molecule has 0 unspecified atom stereocenters. The number of hydrogen-bond donors (Lipinski definition) is 1. The Hall–Kier alpha value is -2.02. The summed E-state index contributed by atoms with van der Waals surface area (Å²) in [5.74, 6) is -1.06. The van der Waals surface area contributed by atoms with Gasteiger partial charge in [-0.3, -0.25) is 0 Å². The van der Waals surface area contributed by atoms with E-state index in [9.17, 15) is 13.6 Å². The Kier molecular flexibility index (Phi) is 3.52. The summed E-state index contributed by atoms with van der Waals surface area (Å²) < 4.78 is 28.1. The van der Waals surface area contributed by atoms with Gasteiger partial charge in [-0.25, -0.2) is 9.78 Å². The van der Waals surface area contributed by atoms with E-state index >= 15 is 0 Å². The van der Waals surface area contributed by atoms with Gasteiger partial charge in [0, 0.05) is 10.9 Å². The fourth-order valence-corrected chi connectivity index (χ4v) is 2.08. The van der Waals surface area contributed by atoms with Crippen molar-refractivity contribution in [3.63, 3.8) is 0 Å². The van der Waals surface area contributed by atoms with E-state index in [1.807, 2.05) is 0 Å². The number of ether oxygens (including phenoxy) is 1. The number of alkyl halides is 2. The van der Waals surface area contributed by atoms with Crippen LogP contribution in [0.5, 0.6) is 5.75 Å². The second kappa shape index (κ2) is 5.09. The zero-order valence-electron chi connectivity index (χ0n) is 8.84. The average molecular weight is 271 g/mol. The topological polar surface area (TPSA) is 59.4 Å². The number of thiazole rings is 1. The zero-order chi connectivity index (χ0) is 13.1. The maximum Gasteiger partial charge on any atom is 0.387 e. The molecule has 0 atom stereocenters. The van der Waals surface area contributed by atoms with E-state index in [0.29, 0.717) is 10.6 Å². The molecule has 7 heteroatoms. The van der Waals surface area contributed by atoms with Crippen molar-refractivity contribution in [1.82, 2.24) is 4.98 Å². The summed E-state index contributed by atoms with van der Waals surface area (Å²) in [5.41, 5.74) is 0.608. The van der Waals surface area contributed by atoms with Crippen molar-refractivity contribution in [2.75, 3.05) is 0 Å². The van der Waals surface area contributed by atoms with E-state index in [-0.39, 0.29) is 11.4 Å². The van der Waals surface area contributed by atoms with Crippen LogP contribution in [0.2, 0.25) is 0 Å². The lowest BCUT2D eigenvalue weighted by Gasteiger charge is -2.04. The second-order valence-corrected chi connectivity index (χ2v) is 4.10. The number of nitrogens with zero attached hydrogens (tertiary/aromatic N) is 1. The molecule has 1 aromatic heterocycles. The molecule has 1 heterocycles. The van der Waals surface area contributed by atoms with Crippen LogP contribution in [0, 0.1) is 0 Å². The van der Waals surface area contributed by atoms with Gasteiger partial charge in [0.2, 0.25) is 0 Å². The van der Waals surface area contributed by atoms with Crippen LogP contribution in [0.4, 0.5) is 8.78 Å². The quantitative estimate of drug-likeness (QED) is 0.928. The number of carbonyl (C=O) groups is 1. The van der Waals surface area contributed by atoms with E-state index in [0.717, 1.165) is 0 Å². The number of carboxylic acid groups (broad SMARTS) is 1. The number of halogens is 2. The normalized spacial score (nSPS) is 10.6. The maximum absolute atomic E-state index is 11.9. The lowest BCUT2D eigenvalue weighted by molar-refractivity contribution is -0.0498. The summed E-state index contributed by atoms with van der Waals surface area (Å²) in [6, 6.07) is 5.84. The highest BCUT2D eigenvalue weighted by atomic mass is 32.1. The van der Waals surface area contributed by atoms with Crippen molar-refractivity contribution in [2.24, 2.45) is 0 Å². The summed E-state index contributed by atoms with van der Waals surface area (Å²) in [6.07, 6.45) is 0. The Morgan fingerprint density at radius 2 is 2.00 bits per heavy atom. The lowest BCUT2D eigenvalue weighted by Crippen LogP contribution is -2.01. The molecule has 1 N–H and O–H groups in total. The van der Waals surface area contributed by atoms with Gasteiger partial charge in [-0.05, 0) is 24.3 Å². The molecule has 0 aliphatic rings. The largest absolute Gasteiger partial charge is 0.476 e. The van der Waals surface area contributed by atoms with E-state index in [4.69, 9.17) is 5.11 Å². The van der Waals surface area contributed by atoms with Gasteiger partial charge in [-0.2, -0.15) is 8.78 Å². The minimum Gasteiger partial charge on any atom is -0.476 e. The summed E-state index contributed by atoms with van der Waals surface area (Å²) in [4.78, 5) is 14.6. The van der Waals surface area contributed by atoms with Gasteiger partial charge in [0.15, 0.2) is 5.69 Å². The summed E-state index contributed by atoms with van der Waals surface area (Å²) in [5, 5.41) is 10.7. The van der Waals surface area contributed by atoms with Gasteiger partial charge in [-0.15, -0.1) is 11.3 Å². The first-order chi connectivity index (χ1) is 8.56. The van der Waals surface area contributed by atoms with Crippen LogP contribution in [0.1, 0.15) is 10.5 Å². The molecule has 0 aliphatic carbocycles. The molecule has 1 aromatic carbocycles. The minimum absolute atomic E-state index is 0.0390. The van der Waals surface area contributed by atoms with E-state index in [2.05, 4.69) is 9.72 Å². The second-order valence-electron chi connectivity index (χ2n) is 3.25. The van der Waals surface area contributed by atoms with Gasteiger partial charge in [0.1, 0.15) is 10.8 Å². The van der Waals surface area contributed by atoms with Gasteiger partial charge in [0.25, 0.3) is 0 Å². The molecule has 0 saturated heterocycles. The number of aromatic nitrogens is 1. The Morgan fingerprint density at radius 1 is 1.33 bits per heavy atom. The van der Waals surface area contributed by atoms with Crippen molar-refractivity contribution < 1.29 is 23.4 Å². The Morgan fingerprint density at radius 3 is 2.50 bits per heavy atom. The third-order valence-electron chi connectivity index (χ3n) is 2.05. The molecule has 0 radical (unpaired) electrons. The summed E-state index contributed by atoms with van der Waals surface area (Å²) in [6.45, 7) is -2.87. The van der Waals surface area contributed by atoms with Crippen LogP contribution in [0.15, 0.2) is 29.6 Å². The van der Waals surface area contributed by atoms with E-state index in [1.54, 1.807) is 12.1 Å². The van der Waals surface area contributed by atoms with Crippen LogP contribution < -0.4 is 4.74 Å². The van der Waals surface area contributed by atoms with Crippen LogP contribution in [0.3, 0.4) is 0 Å². The number of rotatable bonds is 4. The van der Waals surface area contributed by atoms with Crippen LogP contribution >= 0.6 is 11.3 Å². The summed E-state index contributed by atoms with van der Waals surface area (Å²) >= 11 is 1.17. The third kappa shape index (κ3) is 2.80. The number of carboxylic acids is 1. The first-order valence-corrected chi connectivity index (χ1v) is 5.68. The predicted octanol–water partition coefficient (Wildman–Crippen LogP) is 3.11. The molecule has 0 amide bonds. The van der Waals surface area contributed by atoms with Gasteiger partial charge in [-0.1, -0.05) is 0 Å². The molecule has 0 aliphatic heterocycles. The molecule has 0 saturated carbocycles. The fraction of sp³-hybridized carbons (Fsp3) is 0.0909. The molecule has 18 heavy (non-hydrogen) atoms. The molecular weight excluding hydrogens is 264 g/mol. The van der Waals surface area contributed by atoms with Gasteiger partial charge in [0.05, 0.1) is 0 Å². The highest BCUT2D eigenvalue weighted by molar-refractivity contribution is 7.13. The summed E-state index contributed by atoms with van der Waals surface area (Å²) in [7, 11) is 0. The fourth-order valence-electron chi connectivity index (χ4n) is 1.28. The van der Waals surface area contributed by atoms with Gasteiger partial charge < -0.3 is 9.84 Å². The van der Waals surface area contributed by atoms with Crippen LogP contribution in [-0.2, 0) is 0 Å². The smallest absolute Gasteiger partial charge is 0.387 e. The Labute approximate surface area is 104 Å². The zero-order valence-corrected chi connectivity index (χ0v) is 9.66. The van der Waals surface area contributed by atoms with E-state index < -0.39 is 12.6 Å². The third-order valence-corrected chi connectivity index (χ3v) is 2.94. The van der Waals surface area contributed by atoms with E-state index in [1.165, 1.54) is 28.8 Å². The average Bonchev–Trinajstić information content (AvgIpc) is 2.78. The monoisotopic (exact) mass is 271 g/mol.